The van der Waals surface area contributed by atoms with Gasteiger partial charge in [-0.2, -0.15) is 4.68 Å². The first-order valence-electron chi connectivity index (χ1n) is 8.15. The zero-order valence-corrected chi connectivity index (χ0v) is 15.2. The van der Waals surface area contributed by atoms with Crippen molar-refractivity contribution in [3.63, 3.8) is 0 Å². The Hall–Kier alpha value is -3.47. The molecule has 0 spiro atoms. The highest BCUT2D eigenvalue weighted by Crippen LogP contribution is 2.36. The van der Waals surface area contributed by atoms with Crippen LogP contribution in [0, 0.1) is 0 Å². The second-order valence-electron chi connectivity index (χ2n) is 6.10. The number of H-pyrrole nitrogens is 1. The molecule has 1 aromatic heterocycles. The Kier molecular flexibility index (Phi) is 4.23. The quantitative estimate of drug-likeness (QED) is 0.530. The van der Waals surface area contributed by atoms with E-state index in [2.05, 4.69) is 20.8 Å². The number of rotatable bonds is 6. The summed E-state index contributed by atoms with van der Waals surface area (Å²) >= 11 is 6.24. The van der Waals surface area contributed by atoms with Crippen LogP contribution in [0.25, 0.3) is 0 Å². The summed E-state index contributed by atoms with van der Waals surface area (Å²) in [5, 5.41) is 12.4. The Morgan fingerprint density at radius 3 is 2.68 bits per heavy atom. The Morgan fingerprint density at radius 2 is 2.00 bits per heavy atom. The zero-order valence-electron chi connectivity index (χ0n) is 14.5. The number of aromatic amines is 1. The number of aromatic nitrogens is 4. The Labute approximate surface area is 161 Å². The Morgan fingerprint density at radius 1 is 1.21 bits per heavy atom. The van der Waals surface area contributed by atoms with Crippen molar-refractivity contribution in [3.8, 4) is 5.75 Å². The molecule has 0 aliphatic carbocycles. The van der Waals surface area contributed by atoms with Gasteiger partial charge in [0.1, 0.15) is 5.69 Å². The monoisotopic (exact) mass is 404 g/mol. The molecule has 2 N–H and O–H groups in total. The van der Waals surface area contributed by atoms with Crippen LogP contribution in [0.5, 0.6) is 5.75 Å². The molecule has 11 nitrogen and oxygen atoms in total. The number of hydrogen-bond acceptors (Lipinski definition) is 8. The summed E-state index contributed by atoms with van der Waals surface area (Å²) in [7, 11) is 1.28. The van der Waals surface area contributed by atoms with Crippen molar-refractivity contribution in [1.82, 2.24) is 25.1 Å². The lowest BCUT2D eigenvalue weighted by Crippen LogP contribution is -2.34. The highest BCUT2D eigenvalue weighted by atomic mass is 35.5. The summed E-state index contributed by atoms with van der Waals surface area (Å²) in [5.41, 5.74) is -0.683. The number of amides is 1. The van der Waals surface area contributed by atoms with E-state index in [1.807, 2.05) is 0 Å². The van der Waals surface area contributed by atoms with Gasteiger partial charge in [-0.25, -0.2) is 9.89 Å². The number of methoxy groups -OCH3 is 1. The van der Waals surface area contributed by atoms with Gasteiger partial charge in [0.25, 0.3) is 16.8 Å². The van der Waals surface area contributed by atoms with Crippen LogP contribution in [0.4, 0.5) is 11.4 Å². The predicted octanol–water partition coefficient (Wildman–Crippen LogP) is -0.376. The molecule has 3 aromatic rings. The van der Waals surface area contributed by atoms with Gasteiger partial charge < -0.3 is 15.0 Å². The van der Waals surface area contributed by atoms with Gasteiger partial charge in [0.2, 0.25) is 0 Å². The highest BCUT2D eigenvalue weighted by Gasteiger charge is 2.33. The molecule has 0 radical (unpaired) electrons. The van der Waals surface area contributed by atoms with Gasteiger partial charge in [0, 0.05) is 23.7 Å². The van der Waals surface area contributed by atoms with Crippen LogP contribution in [0.15, 0.2) is 26.5 Å². The number of fused-ring (bicyclic) bond motifs is 1. The normalized spacial score (nSPS) is 13.2. The molecular formula is C16H13ClN6O5. The fourth-order valence-corrected chi connectivity index (χ4v) is 3.34. The molecule has 144 valence electrons. The molecule has 28 heavy (non-hydrogen) atoms. The average Bonchev–Trinajstić information content (AvgIpc) is 3.25. The molecular weight excluding hydrogens is 392 g/mol. The molecule has 0 saturated heterocycles. The third-order valence-electron chi connectivity index (χ3n) is 4.55. The predicted molar refractivity (Wildman–Crippen MR) is 98.0 cm³/mol. The molecule has 1 amide bonds. The standard InChI is InChI=1S/C16H13ClN6O5/c1-28-14-11(12(24)13(14)25)18-9-3-2-8(17)7-6-22(15(26)10(7)9)4-5-23-16(27)19-20-21-23/h2-3,18H,4-6H2,1H3,(H,19,21,27). The van der Waals surface area contributed by atoms with Gasteiger partial charge >= 0.3 is 5.69 Å². The first-order valence-corrected chi connectivity index (χ1v) is 8.53. The van der Waals surface area contributed by atoms with Gasteiger partial charge in [-0.15, -0.1) is 0 Å². The Bertz CT molecular complexity index is 1220. The second-order valence-corrected chi connectivity index (χ2v) is 6.50. The number of benzene rings is 1. The number of halogens is 1. The number of carbonyl (C=O) groups excluding carboxylic acids is 1. The topological polar surface area (TPSA) is 139 Å². The summed E-state index contributed by atoms with van der Waals surface area (Å²) in [5.74, 6) is -0.407. The van der Waals surface area contributed by atoms with Crippen LogP contribution < -0.4 is 26.6 Å². The van der Waals surface area contributed by atoms with Crippen molar-refractivity contribution in [2.24, 2.45) is 0 Å². The lowest BCUT2D eigenvalue weighted by Gasteiger charge is -2.16. The number of tetrazole rings is 1. The molecule has 2 heterocycles. The summed E-state index contributed by atoms with van der Waals surface area (Å²) in [4.78, 5) is 49.2. The maximum Gasteiger partial charge on any atom is 0.361 e. The number of carbonyl (C=O) groups is 1. The van der Waals surface area contributed by atoms with Crippen molar-refractivity contribution >= 4 is 28.9 Å². The number of anilines is 2. The molecule has 0 unspecified atom stereocenters. The first kappa shape index (κ1) is 17.9. The molecule has 2 aromatic carbocycles. The van der Waals surface area contributed by atoms with Crippen LogP contribution in [0.2, 0.25) is 5.02 Å². The van der Waals surface area contributed by atoms with E-state index in [4.69, 9.17) is 16.3 Å². The minimum Gasteiger partial charge on any atom is -0.491 e. The van der Waals surface area contributed by atoms with Crippen molar-refractivity contribution in [2.75, 3.05) is 19.0 Å². The third-order valence-corrected chi connectivity index (χ3v) is 4.90. The largest absolute Gasteiger partial charge is 0.491 e. The lowest BCUT2D eigenvalue weighted by atomic mass is 10.1. The van der Waals surface area contributed by atoms with Crippen LogP contribution in [0.1, 0.15) is 15.9 Å². The minimum atomic E-state index is -0.721. The van der Waals surface area contributed by atoms with Crippen molar-refractivity contribution in [1.29, 1.82) is 0 Å². The van der Waals surface area contributed by atoms with Gasteiger partial charge in [0.15, 0.2) is 5.75 Å². The van der Waals surface area contributed by atoms with E-state index in [9.17, 15) is 19.2 Å². The molecule has 4 rings (SSSR count). The van der Waals surface area contributed by atoms with Crippen LogP contribution in [-0.4, -0.2) is 44.7 Å². The van der Waals surface area contributed by atoms with Gasteiger partial charge in [-0.1, -0.05) is 11.6 Å². The molecule has 1 aliphatic heterocycles. The molecule has 0 fully saturated rings. The summed E-state index contributed by atoms with van der Waals surface area (Å²) < 4.78 is 6.02. The summed E-state index contributed by atoms with van der Waals surface area (Å²) in [6, 6.07) is 3.15. The van der Waals surface area contributed by atoms with E-state index in [1.165, 1.54) is 12.0 Å². The third kappa shape index (κ3) is 2.67. The van der Waals surface area contributed by atoms with Gasteiger partial charge in [-0.3, -0.25) is 14.4 Å². The van der Waals surface area contributed by atoms with Crippen molar-refractivity contribution in [3.05, 3.63) is 59.2 Å². The highest BCUT2D eigenvalue weighted by molar-refractivity contribution is 6.32. The minimum absolute atomic E-state index is 0.00239. The van der Waals surface area contributed by atoms with E-state index in [0.29, 0.717) is 21.8 Å². The van der Waals surface area contributed by atoms with Crippen molar-refractivity contribution < 1.29 is 9.53 Å². The van der Waals surface area contributed by atoms with E-state index >= 15 is 0 Å². The summed E-state index contributed by atoms with van der Waals surface area (Å²) in [6.45, 7) is 0.596. The molecule has 0 saturated carbocycles. The van der Waals surface area contributed by atoms with Gasteiger partial charge in [0.05, 0.1) is 24.9 Å². The molecule has 1 aliphatic rings. The van der Waals surface area contributed by atoms with Crippen LogP contribution >= 0.6 is 11.6 Å². The van der Waals surface area contributed by atoms with Crippen LogP contribution in [0.3, 0.4) is 0 Å². The van der Waals surface area contributed by atoms with Crippen molar-refractivity contribution in [2.45, 2.75) is 13.1 Å². The van der Waals surface area contributed by atoms with E-state index in [0.717, 1.165) is 4.68 Å². The maximum absolute atomic E-state index is 12.9. The number of nitrogens with one attached hydrogen (secondary N) is 2. The maximum atomic E-state index is 12.9. The number of hydrogen-bond donors (Lipinski definition) is 2. The van der Waals surface area contributed by atoms with Gasteiger partial charge in [-0.05, 0) is 22.6 Å². The fraction of sp³-hybridized carbons (Fsp3) is 0.250. The molecule has 0 atom stereocenters. The summed E-state index contributed by atoms with van der Waals surface area (Å²) in [6.07, 6.45) is 0. The molecule has 12 heteroatoms. The lowest BCUT2D eigenvalue weighted by molar-refractivity contribution is 0.0771. The van der Waals surface area contributed by atoms with E-state index in [-0.39, 0.29) is 37.0 Å². The first-order chi connectivity index (χ1) is 13.4. The fourth-order valence-electron chi connectivity index (χ4n) is 3.12. The smallest absolute Gasteiger partial charge is 0.361 e. The van der Waals surface area contributed by atoms with E-state index in [1.54, 1.807) is 12.1 Å². The number of ether oxygens (including phenoxy) is 1. The average molecular weight is 405 g/mol. The van der Waals surface area contributed by atoms with E-state index < -0.39 is 16.5 Å². The Balaban J connectivity index is 1.62. The second kappa shape index (κ2) is 6.60. The van der Waals surface area contributed by atoms with Crippen LogP contribution in [-0.2, 0) is 13.1 Å². The molecule has 0 bridgehead atoms. The zero-order chi connectivity index (χ0) is 20.0. The SMILES string of the molecule is COc1c(Nc2ccc(Cl)c3c2C(=O)N(CCn2nn[nH]c2=O)C3)c(=O)c1=O. The number of nitrogens with zero attached hydrogens (tertiary/aromatic N) is 4.